The molecule has 6 rings (SSSR count). The maximum atomic E-state index is 14.7. The summed E-state index contributed by atoms with van der Waals surface area (Å²) < 4.78 is 0. The largest absolute Gasteiger partial charge is 0.321 e. The number of piperazine rings is 1. The van der Waals surface area contributed by atoms with E-state index in [2.05, 4.69) is 18.7 Å². The summed E-state index contributed by atoms with van der Waals surface area (Å²) in [6, 6.07) is 27.3. The van der Waals surface area contributed by atoms with E-state index in [0.29, 0.717) is 19.3 Å². The first-order valence-electron chi connectivity index (χ1n) is 12.4. The van der Waals surface area contributed by atoms with Gasteiger partial charge in [0.15, 0.2) is 0 Å². The molecule has 3 aromatic rings. The van der Waals surface area contributed by atoms with Gasteiger partial charge in [-0.1, -0.05) is 91.0 Å². The predicted molar refractivity (Wildman–Crippen MR) is 139 cm³/mol. The Balaban J connectivity index is 1.71. The van der Waals surface area contributed by atoms with Crippen LogP contribution in [0.2, 0.25) is 0 Å². The highest BCUT2D eigenvalue weighted by atomic mass is 16.2. The van der Waals surface area contributed by atoms with Crippen LogP contribution >= 0.6 is 0 Å². The highest BCUT2D eigenvalue weighted by Gasteiger charge is 2.59. The number of hydrogen-bond acceptors (Lipinski definition) is 2. The van der Waals surface area contributed by atoms with E-state index >= 15 is 0 Å². The van der Waals surface area contributed by atoms with Crippen LogP contribution in [0.1, 0.15) is 54.6 Å². The average Bonchev–Trinajstić information content (AvgIpc) is 2.88. The van der Waals surface area contributed by atoms with Gasteiger partial charge in [-0.3, -0.25) is 9.59 Å². The van der Waals surface area contributed by atoms with Crippen molar-refractivity contribution in [1.29, 1.82) is 0 Å². The van der Waals surface area contributed by atoms with Crippen molar-refractivity contribution in [1.82, 2.24) is 9.80 Å². The SMILES string of the molecule is C=CC[C@@]12Cc3ccccc3C[C@@H](C(=O)N1[C@@H](C)c1ccccc1)N([C@@H](C)c1ccccc1)C2=O. The average molecular weight is 465 g/mol. The van der Waals surface area contributed by atoms with Crippen LogP contribution in [0.4, 0.5) is 0 Å². The Kier molecular flexibility index (Phi) is 6.06. The Morgan fingerprint density at radius 3 is 2.00 bits per heavy atom. The van der Waals surface area contributed by atoms with Crippen LogP contribution in [0.5, 0.6) is 0 Å². The molecule has 0 aromatic heterocycles. The van der Waals surface area contributed by atoms with Crippen molar-refractivity contribution in [2.24, 2.45) is 0 Å². The fraction of sp³-hybridized carbons (Fsp3) is 0.290. The third kappa shape index (κ3) is 3.78. The zero-order chi connectivity index (χ0) is 24.6. The second kappa shape index (κ2) is 9.18. The zero-order valence-electron chi connectivity index (χ0n) is 20.4. The lowest BCUT2D eigenvalue weighted by atomic mass is 9.74. The monoisotopic (exact) mass is 464 g/mol. The van der Waals surface area contributed by atoms with Gasteiger partial charge in [0.05, 0.1) is 12.1 Å². The maximum absolute atomic E-state index is 14.7. The lowest BCUT2D eigenvalue weighted by molar-refractivity contribution is -0.178. The molecule has 0 N–H and O–H groups in total. The fourth-order valence-electron chi connectivity index (χ4n) is 6.05. The van der Waals surface area contributed by atoms with Gasteiger partial charge in [-0.05, 0) is 42.5 Å². The summed E-state index contributed by atoms with van der Waals surface area (Å²) in [6.07, 6.45) is 3.18. The molecule has 0 radical (unpaired) electrons. The summed E-state index contributed by atoms with van der Waals surface area (Å²) >= 11 is 0. The molecule has 1 saturated heterocycles. The van der Waals surface area contributed by atoms with Gasteiger partial charge in [-0.25, -0.2) is 0 Å². The van der Waals surface area contributed by atoms with Gasteiger partial charge in [0.25, 0.3) is 0 Å². The number of fused-ring (bicyclic) bond motifs is 2. The number of carbonyl (C=O) groups is 2. The second-order valence-electron chi connectivity index (χ2n) is 9.78. The molecule has 0 unspecified atom stereocenters. The van der Waals surface area contributed by atoms with Gasteiger partial charge in [0.2, 0.25) is 11.8 Å². The van der Waals surface area contributed by atoms with Crippen LogP contribution in [0.15, 0.2) is 97.6 Å². The summed E-state index contributed by atoms with van der Waals surface area (Å²) in [6.45, 7) is 8.10. The highest BCUT2D eigenvalue weighted by molar-refractivity contribution is 6.01. The second-order valence-corrected chi connectivity index (χ2v) is 9.78. The number of carbonyl (C=O) groups excluding carboxylic acids is 2. The summed E-state index contributed by atoms with van der Waals surface area (Å²) in [5.41, 5.74) is 3.30. The lowest BCUT2D eigenvalue weighted by Gasteiger charge is -2.57. The molecule has 4 nitrogen and oxygen atoms in total. The van der Waals surface area contributed by atoms with E-state index in [1.165, 1.54) is 0 Å². The van der Waals surface area contributed by atoms with E-state index in [4.69, 9.17) is 0 Å². The van der Waals surface area contributed by atoms with E-state index in [0.717, 1.165) is 22.3 Å². The lowest BCUT2D eigenvalue weighted by Crippen LogP contribution is -2.73. The normalized spacial score (nSPS) is 23.3. The topological polar surface area (TPSA) is 40.6 Å². The van der Waals surface area contributed by atoms with E-state index in [9.17, 15) is 9.59 Å². The smallest absolute Gasteiger partial charge is 0.250 e. The van der Waals surface area contributed by atoms with E-state index < -0.39 is 11.6 Å². The molecule has 2 amide bonds. The van der Waals surface area contributed by atoms with Crippen LogP contribution in [0, 0.1) is 0 Å². The standard InChI is InChI=1S/C31H32N2O2/c1-4-19-31-21-27-18-12-11-17-26(27)20-28(29(34)33(31)23(3)25-15-9-6-10-16-25)32(30(31)35)22(2)24-13-7-5-8-14-24/h4-18,22-23,28H,1,19-21H2,2-3H3/t22-,23-,28-,31-/m0/s1. The Bertz CT molecular complexity index is 1240. The summed E-state index contributed by atoms with van der Waals surface area (Å²) in [4.78, 5) is 32.9. The zero-order valence-corrected chi connectivity index (χ0v) is 20.4. The molecule has 3 aliphatic rings. The third-order valence-corrected chi connectivity index (χ3v) is 7.82. The van der Waals surface area contributed by atoms with Crippen molar-refractivity contribution in [3.63, 3.8) is 0 Å². The summed E-state index contributed by atoms with van der Waals surface area (Å²) in [5.74, 6) is 0.0238. The van der Waals surface area contributed by atoms with Crippen LogP contribution in [-0.2, 0) is 22.4 Å². The van der Waals surface area contributed by atoms with Gasteiger partial charge >= 0.3 is 0 Å². The van der Waals surface area contributed by atoms with Crippen molar-refractivity contribution in [3.05, 3.63) is 120 Å². The number of hydrogen-bond donors (Lipinski definition) is 0. The minimum Gasteiger partial charge on any atom is -0.321 e. The molecule has 3 heterocycles. The quantitative estimate of drug-likeness (QED) is 0.442. The van der Waals surface area contributed by atoms with Gasteiger partial charge in [0.1, 0.15) is 11.6 Å². The molecule has 0 saturated carbocycles. The van der Waals surface area contributed by atoms with Gasteiger partial charge < -0.3 is 9.80 Å². The van der Waals surface area contributed by atoms with Crippen molar-refractivity contribution in [2.75, 3.05) is 0 Å². The first-order valence-corrected chi connectivity index (χ1v) is 12.4. The van der Waals surface area contributed by atoms with Crippen LogP contribution in [-0.4, -0.2) is 33.2 Å². The van der Waals surface area contributed by atoms with Gasteiger partial charge in [0, 0.05) is 12.8 Å². The molecule has 2 bridgehead atoms. The molecular weight excluding hydrogens is 432 g/mol. The fourth-order valence-corrected chi connectivity index (χ4v) is 6.05. The van der Waals surface area contributed by atoms with Crippen LogP contribution in [0.25, 0.3) is 0 Å². The van der Waals surface area contributed by atoms with Crippen molar-refractivity contribution >= 4 is 11.8 Å². The molecule has 0 aliphatic carbocycles. The third-order valence-electron chi connectivity index (χ3n) is 7.82. The molecule has 3 aliphatic heterocycles. The molecule has 4 atom stereocenters. The first-order chi connectivity index (χ1) is 17.0. The van der Waals surface area contributed by atoms with Crippen molar-refractivity contribution in [2.45, 2.75) is 56.8 Å². The Hall–Kier alpha value is -3.66. The van der Waals surface area contributed by atoms with Crippen LogP contribution in [0.3, 0.4) is 0 Å². The number of benzene rings is 3. The summed E-state index contributed by atoms with van der Waals surface area (Å²) in [7, 11) is 0. The van der Waals surface area contributed by atoms with Crippen LogP contribution < -0.4 is 0 Å². The number of rotatable bonds is 6. The summed E-state index contributed by atoms with van der Waals surface area (Å²) in [5, 5.41) is 0. The van der Waals surface area contributed by atoms with E-state index in [-0.39, 0.29) is 23.9 Å². The number of amides is 2. The molecule has 4 heteroatoms. The highest BCUT2D eigenvalue weighted by Crippen LogP contribution is 2.45. The molecule has 0 spiro atoms. The van der Waals surface area contributed by atoms with E-state index in [1.807, 2.05) is 96.4 Å². The first kappa shape index (κ1) is 23.1. The Labute approximate surface area is 207 Å². The Morgan fingerprint density at radius 2 is 1.40 bits per heavy atom. The molecular formula is C31H32N2O2. The molecule has 3 aromatic carbocycles. The van der Waals surface area contributed by atoms with Crippen molar-refractivity contribution in [3.8, 4) is 0 Å². The van der Waals surface area contributed by atoms with E-state index in [1.54, 1.807) is 6.08 Å². The predicted octanol–water partition coefficient (Wildman–Crippen LogP) is 5.66. The van der Waals surface area contributed by atoms with Gasteiger partial charge in [-0.2, -0.15) is 0 Å². The van der Waals surface area contributed by atoms with Gasteiger partial charge in [-0.15, -0.1) is 6.58 Å². The minimum atomic E-state index is -1.04. The molecule has 1 fully saturated rings. The maximum Gasteiger partial charge on any atom is 0.250 e. The molecule has 35 heavy (non-hydrogen) atoms. The van der Waals surface area contributed by atoms with Crippen molar-refractivity contribution < 1.29 is 9.59 Å². The number of nitrogens with zero attached hydrogens (tertiary/aromatic N) is 2. The Morgan fingerprint density at radius 1 is 0.857 bits per heavy atom. The molecule has 178 valence electrons. The minimum absolute atomic E-state index is 0.00985.